The molecule has 0 saturated heterocycles. The average molecular weight is 240 g/mol. The molecule has 0 aliphatic heterocycles. The molecule has 0 aromatic carbocycles. The van der Waals surface area contributed by atoms with E-state index in [9.17, 15) is 9.59 Å². The van der Waals surface area contributed by atoms with E-state index in [2.05, 4.69) is 10.6 Å². The van der Waals surface area contributed by atoms with Crippen molar-refractivity contribution in [3.05, 3.63) is 0 Å². The van der Waals surface area contributed by atoms with Crippen LogP contribution in [0.2, 0.25) is 0 Å². The molecule has 3 N–H and O–H groups in total. The molecule has 1 atom stereocenters. The van der Waals surface area contributed by atoms with Gasteiger partial charge in [0, 0.05) is 6.04 Å². The fourth-order valence-electron chi connectivity index (χ4n) is 2.40. The van der Waals surface area contributed by atoms with Crippen LogP contribution in [0.3, 0.4) is 0 Å². The monoisotopic (exact) mass is 240 g/mol. The lowest BCUT2D eigenvalue weighted by Crippen LogP contribution is -2.47. The lowest BCUT2D eigenvalue weighted by molar-refractivity contribution is -0.142. The Labute approximate surface area is 101 Å². The third-order valence-corrected chi connectivity index (χ3v) is 3.58. The first-order valence-corrected chi connectivity index (χ1v) is 6.42. The minimum absolute atomic E-state index is 0.142. The van der Waals surface area contributed by atoms with Gasteiger partial charge in [0.1, 0.15) is 6.04 Å². The fourth-order valence-corrected chi connectivity index (χ4v) is 2.40. The summed E-state index contributed by atoms with van der Waals surface area (Å²) in [6.45, 7) is 0.237. The zero-order valence-electron chi connectivity index (χ0n) is 9.95. The van der Waals surface area contributed by atoms with Crippen molar-refractivity contribution >= 4 is 11.9 Å². The summed E-state index contributed by atoms with van der Waals surface area (Å²) in [4.78, 5) is 22.6. The first-order valence-electron chi connectivity index (χ1n) is 6.42. The number of carboxylic acids is 1. The van der Waals surface area contributed by atoms with Crippen LogP contribution >= 0.6 is 0 Å². The van der Waals surface area contributed by atoms with Crippen LogP contribution in [0.15, 0.2) is 0 Å². The lowest BCUT2D eigenvalue weighted by Gasteiger charge is -2.15. The second-order valence-corrected chi connectivity index (χ2v) is 5.08. The number of carboxylic acid groups (broad SMARTS) is 1. The molecule has 1 amide bonds. The maximum Gasteiger partial charge on any atom is 0.326 e. The van der Waals surface area contributed by atoms with E-state index in [1.165, 1.54) is 12.8 Å². The van der Waals surface area contributed by atoms with E-state index < -0.39 is 12.0 Å². The highest BCUT2D eigenvalue weighted by Crippen LogP contribution is 2.32. The van der Waals surface area contributed by atoms with Crippen LogP contribution in [-0.4, -0.2) is 35.6 Å². The number of hydrogen-bond acceptors (Lipinski definition) is 3. The summed E-state index contributed by atoms with van der Waals surface area (Å²) in [6.07, 6.45) is 6.51. The van der Waals surface area contributed by atoms with Crippen molar-refractivity contribution in [3.63, 3.8) is 0 Å². The second-order valence-electron chi connectivity index (χ2n) is 5.08. The number of nitrogens with one attached hydrogen (secondary N) is 2. The average Bonchev–Trinajstić information content (AvgIpc) is 2.99. The van der Waals surface area contributed by atoms with Crippen LogP contribution in [0, 0.1) is 5.92 Å². The summed E-state index contributed by atoms with van der Waals surface area (Å²) in [5.74, 6) is -0.971. The van der Waals surface area contributed by atoms with Crippen molar-refractivity contribution in [3.8, 4) is 0 Å². The summed E-state index contributed by atoms with van der Waals surface area (Å²) in [7, 11) is 0. The molecule has 2 fully saturated rings. The molecule has 17 heavy (non-hydrogen) atoms. The summed E-state index contributed by atoms with van der Waals surface area (Å²) in [6, 6.07) is -0.252. The molecule has 5 nitrogen and oxygen atoms in total. The maximum atomic E-state index is 11.6. The summed E-state index contributed by atoms with van der Waals surface area (Å²) < 4.78 is 0. The predicted octanol–water partition coefficient (Wildman–Crippen LogP) is 0.498. The van der Waals surface area contributed by atoms with Gasteiger partial charge in [-0.05, 0) is 31.6 Å². The zero-order chi connectivity index (χ0) is 12.3. The Balaban J connectivity index is 1.69. The minimum Gasteiger partial charge on any atom is -0.480 e. The van der Waals surface area contributed by atoms with Crippen molar-refractivity contribution in [1.29, 1.82) is 0 Å². The number of hydrogen-bond donors (Lipinski definition) is 3. The normalized spacial score (nSPS) is 22.4. The molecular formula is C12H20N2O3. The maximum absolute atomic E-state index is 11.6. The molecule has 0 bridgehead atoms. The van der Waals surface area contributed by atoms with E-state index in [0.29, 0.717) is 6.04 Å². The van der Waals surface area contributed by atoms with E-state index in [-0.39, 0.29) is 18.4 Å². The van der Waals surface area contributed by atoms with Gasteiger partial charge in [-0.2, -0.15) is 0 Å². The first-order chi connectivity index (χ1) is 8.16. The molecule has 1 unspecified atom stereocenters. The van der Waals surface area contributed by atoms with Gasteiger partial charge in [-0.25, -0.2) is 4.79 Å². The summed E-state index contributed by atoms with van der Waals surface area (Å²) >= 11 is 0. The predicted molar refractivity (Wildman–Crippen MR) is 62.5 cm³/mol. The van der Waals surface area contributed by atoms with Gasteiger partial charge in [-0.15, -0.1) is 0 Å². The van der Waals surface area contributed by atoms with Crippen LogP contribution < -0.4 is 10.6 Å². The first kappa shape index (κ1) is 12.4. The number of rotatable bonds is 6. The topological polar surface area (TPSA) is 78.4 Å². The van der Waals surface area contributed by atoms with E-state index in [0.717, 1.165) is 25.7 Å². The molecule has 2 aliphatic carbocycles. The Morgan fingerprint density at radius 2 is 1.82 bits per heavy atom. The molecule has 5 heteroatoms. The van der Waals surface area contributed by atoms with Crippen LogP contribution in [0.1, 0.15) is 38.5 Å². The van der Waals surface area contributed by atoms with Crippen molar-refractivity contribution < 1.29 is 14.7 Å². The van der Waals surface area contributed by atoms with Gasteiger partial charge in [-0.1, -0.05) is 12.8 Å². The molecule has 0 aromatic heterocycles. The summed E-state index contributed by atoms with van der Waals surface area (Å²) in [5, 5.41) is 14.8. The molecule has 2 saturated carbocycles. The Hall–Kier alpha value is -1.10. The largest absolute Gasteiger partial charge is 0.480 e. The van der Waals surface area contributed by atoms with Crippen LogP contribution in [0.5, 0.6) is 0 Å². The molecule has 0 heterocycles. The third kappa shape index (κ3) is 3.70. The third-order valence-electron chi connectivity index (χ3n) is 3.58. The number of carbonyl (C=O) groups excluding carboxylic acids is 1. The Morgan fingerprint density at radius 3 is 2.35 bits per heavy atom. The van der Waals surface area contributed by atoms with Crippen LogP contribution in [0.4, 0.5) is 0 Å². The highest BCUT2D eigenvalue weighted by molar-refractivity contribution is 5.85. The molecule has 2 rings (SSSR count). The zero-order valence-corrected chi connectivity index (χ0v) is 9.95. The van der Waals surface area contributed by atoms with Crippen molar-refractivity contribution in [2.75, 3.05) is 6.54 Å². The lowest BCUT2D eigenvalue weighted by atomic mass is 10.2. The van der Waals surface area contributed by atoms with Crippen LogP contribution in [0.25, 0.3) is 0 Å². The van der Waals surface area contributed by atoms with E-state index in [1.807, 2.05) is 0 Å². The van der Waals surface area contributed by atoms with E-state index in [1.54, 1.807) is 0 Å². The Bertz CT molecular complexity index is 296. The molecular weight excluding hydrogens is 220 g/mol. The highest BCUT2D eigenvalue weighted by atomic mass is 16.4. The van der Waals surface area contributed by atoms with Gasteiger partial charge in [-0.3, -0.25) is 4.79 Å². The quantitative estimate of drug-likeness (QED) is 0.631. The van der Waals surface area contributed by atoms with Gasteiger partial charge in [0.05, 0.1) is 6.54 Å². The Morgan fingerprint density at radius 1 is 1.18 bits per heavy atom. The number of carbonyl (C=O) groups is 2. The van der Waals surface area contributed by atoms with Crippen molar-refractivity contribution in [2.45, 2.75) is 50.6 Å². The number of aliphatic carboxylic acids is 1. The van der Waals surface area contributed by atoms with E-state index >= 15 is 0 Å². The highest BCUT2D eigenvalue weighted by Gasteiger charge is 2.37. The molecule has 0 radical (unpaired) electrons. The fraction of sp³-hybridized carbons (Fsp3) is 0.833. The van der Waals surface area contributed by atoms with Gasteiger partial charge in [0.2, 0.25) is 5.91 Å². The standard InChI is InChI=1S/C12H20N2O3/c15-10(7-13-9-3-1-2-4-9)14-11(12(16)17)8-5-6-8/h8-9,11,13H,1-7H2,(H,14,15)(H,16,17). The molecule has 0 spiro atoms. The second kappa shape index (κ2) is 5.49. The molecule has 2 aliphatic rings. The van der Waals surface area contributed by atoms with Crippen LogP contribution in [-0.2, 0) is 9.59 Å². The Kier molecular flexibility index (Phi) is 3.99. The van der Waals surface area contributed by atoms with Gasteiger partial charge in [0.15, 0.2) is 0 Å². The van der Waals surface area contributed by atoms with Gasteiger partial charge >= 0.3 is 5.97 Å². The SMILES string of the molecule is O=C(CNC1CCCC1)NC(C(=O)O)C1CC1. The van der Waals surface area contributed by atoms with Gasteiger partial charge < -0.3 is 15.7 Å². The smallest absolute Gasteiger partial charge is 0.326 e. The van der Waals surface area contributed by atoms with Crippen molar-refractivity contribution in [2.24, 2.45) is 5.92 Å². The van der Waals surface area contributed by atoms with E-state index in [4.69, 9.17) is 5.11 Å². The number of amides is 1. The minimum atomic E-state index is -0.915. The van der Waals surface area contributed by atoms with Gasteiger partial charge in [0.25, 0.3) is 0 Å². The van der Waals surface area contributed by atoms with Crippen molar-refractivity contribution in [1.82, 2.24) is 10.6 Å². The molecule has 96 valence electrons. The summed E-state index contributed by atoms with van der Waals surface area (Å²) in [5.41, 5.74) is 0. The molecule has 0 aromatic rings.